The lowest BCUT2D eigenvalue weighted by Gasteiger charge is -2.11. The molecule has 1 aromatic rings. The topological polar surface area (TPSA) is 52.3 Å². The Kier molecular flexibility index (Phi) is 4.29. The molecule has 1 rings (SSSR count). The minimum absolute atomic E-state index is 0.00400. The van der Waals surface area contributed by atoms with Gasteiger partial charge < -0.3 is 10.5 Å². The van der Waals surface area contributed by atoms with Crippen LogP contribution in [0.2, 0.25) is 0 Å². The van der Waals surface area contributed by atoms with Crippen LogP contribution in [0.5, 0.6) is 5.75 Å². The van der Waals surface area contributed by atoms with Crippen LogP contribution >= 0.6 is 15.9 Å². The molecule has 0 fully saturated rings. The van der Waals surface area contributed by atoms with Gasteiger partial charge in [-0.1, -0.05) is 6.92 Å². The fourth-order valence-electron chi connectivity index (χ4n) is 1.38. The van der Waals surface area contributed by atoms with Gasteiger partial charge in [-0.2, -0.15) is 0 Å². The van der Waals surface area contributed by atoms with Crippen molar-refractivity contribution in [3.63, 3.8) is 0 Å². The van der Waals surface area contributed by atoms with Crippen LogP contribution in [0, 0.1) is 0 Å². The SMILES string of the molecule is CCc1cc(Br)c(OC)c(C(=O)CN)c1. The maximum Gasteiger partial charge on any atom is 0.180 e. The molecule has 3 nitrogen and oxygen atoms in total. The Balaban J connectivity index is 3.32. The first-order valence-electron chi connectivity index (χ1n) is 4.73. The number of hydrogen-bond acceptors (Lipinski definition) is 3. The number of ketones is 1. The van der Waals surface area contributed by atoms with Crippen molar-refractivity contribution in [1.82, 2.24) is 0 Å². The number of aryl methyl sites for hydroxylation is 1. The van der Waals surface area contributed by atoms with Crippen LogP contribution < -0.4 is 10.5 Å². The molecule has 82 valence electrons. The Labute approximate surface area is 97.7 Å². The highest BCUT2D eigenvalue weighted by Gasteiger charge is 2.14. The fraction of sp³-hybridized carbons (Fsp3) is 0.364. The third-order valence-corrected chi connectivity index (χ3v) is 2.79. The first kappa shape index (κ1) is 12.2. The average molecular weight is 272 g/mol. The van der Waals surface area contributed by atoms with Gasteiger partial charge in [0.2, 0.25) is 0 Å². The van der Waals surface area contributed by atoms with Crippen LogP contribution in [0.3, 0.4) is 0 Å². The summed E-state index contributed by atoms with van der Waals surface area (Å²) in [5.41, 5.74) is 6.98. The standard InChI is InChI=1S/C11H14BrNO2/c1-3-7-4-8(10(14)6-13)11(15-2)9(12)5-7/h4-5H,3,6,13H2,1-2H3. The van der Waals surface area contributed by atoms with Crippen LogP contribution in [0.25, 0.3) is 0 Å². The van der Waals surface area contributed by atoms with E-state index in [1.807, 2.05) is 19.1 Å². The fourth-order valence-corrected chi connectivity index (χ4v) is 2.05. The monoisotopic (exact) mass is 271 g/mol. The van der Waals surface area contributed by atoms with E-state index in [-0.39, 0.29) is 12.3 Å². The largest absolute Gasteiger partial charge is 0.495 e. The lowest BCUT2D eigenvalue weighted by atomic mass is 10.0. The second kappa shape index (κ2) is 5.28. The average Bonchev–Trinajstić information content (AvgIpc) is 2.26. The summed E-state index contributed by atoms with van der Waals surface area (Å²) >= 11 is 3.38. The minimum atomic E-state index is -0.108. The highest BCUT2D eigenvalue weighted by molar-refractivity contribution is 9.10. The summed E-state index contributed by atoms with van der Waals surface area (Å²) in [5.74, 6) is 0.450. The van der Waals surface area contributed by atoms with Crippen molar-refractivity contribution >= 4 is 21.7 Å². The van der Waals surface area contributed by atoms with E-state index in [1.165, 1.54) is 0 Å². The number of benzene rings is 1. The molecule has 0 atom stereocenters. The number of nitrogens with two attached hydrogens (primary N) is 1. The highest BCUT2D eigenvalue weighted by Crippen LogP contribution is 2.31. The van der Waals surface area contributed by atoms with Gasteiger partial charge in [0, 0.05) is 0 Å². The molecule has 4 heteroatoms. The van der Waals surface area contributed by atoms with Gasteiger partial charge in [0.1, 0.15) is 5.75 Å². The Morgan fingerprint density at radius 1 is 1.53 bits per heavy atom. The second-order valence-corrected chi connectivity index (χ2v) is 3.99. The Hall–Kier alpha value is -0.870. The number of carbonyl (C=O) groups is 1. The molecule has 0 saturated carbocycles. The Morgan fingerprint density at radius 2 is 2.20 bits per heavy atom. The van der Waals surface area contributed by atoms with E-state index < -0.39 is 0 Å². The zero-order chi connectivity index (χ0) is 11.4. The second-order valence-electron chi connectivity index (χ2n) is 3.14. The van der Waals surface area contributed by atoms with Crippen molar-refractivity contribution in [3.05, 3.63) is 27.7 Å². The molecule has 0 bridgehead atoms. The molecule has 0 aliphatic heterocycles. The predicted molar refractivity (Wildman–Crippen MR) is 63.5 cm³/mol. The molecule has 0 unspecified atom stereocenters. The van der Waals surface area contributed by atoms with Crippen molar-refractivity contribution < 1.29 is 9.53 Å². The van der Waals surface area contributed by atoms with Crippen LogP contribution in [-0.2, 0) is 6.42 Å². The predicted octanol–water partition coefficient (Wildman–Crippen LogP) is 2.16. The van der Waals surface area contributed by atoms with Gasteiger partial charge in [-0.25, -0.2) is 0 Å². The van der Waals surface area contributed by atoms with Crippen LogP contribution in [-0.4, -0.2) is 19.4 Å². The molecular weight excluding hydrogens is 258 g/mol. The van der Waals surface area contributed by atoms with Crippen molar-refractivity contribution in [3.8, 4) is 5.75 Å². The smallest absolute Gasteiger partial charge is 0.180 e. The zero-order valence-corrected chi connectivity index (χ0v) is 10.4. The molecule has 1 aromatic carbocycles. The molecule has 2 N–H and O–H groups in total. The summed E-state index contributed by atoms with van der Waals surface area (Å²) in [6.45, 7) is 2.03. The normalized spacial score (nSPS) is 10.1. The van der Waals surface area contributed by atoms with Crippen molar-refractivity contribution in [2.45, 2.75) is 13.3 Å². The third-order valence-electron chi connectivity index (χ3n) is 2.20. The summed E-state index contributed by atoms with van der Waals surface area (Å²) in [5, 5.41) is 0. The number of hydrogen-bond donors (Lipinski definition) is 1. The first-order chi connectivity index (χ1) is 7.13. The highest BCUT2D eigenvalue weighted by atomic mass is 79.9. The van der Waals surface area contributed by atoms with Gasteiger partial charge in [0.15, 0.2) is 5.78 Å². The van der Waals surface area contributed by atoms with E-state index in [2.05, 4.69) is 15.9 Å². The van der Waals surface area contributed by atoms with Gasteiger partial charge >= 0.3 is 0 Å². The number of Topliss-reactive ketones (excluding diaryl/α,β-unsaturated/α-hetero) is 1. The number of ether oxygens (including phenoxy) is 1. The quantitative estimate of drug-likeness (QED) is 0.854. The van der Waals surface area contributed by atoms with Gasteiger partial charge in [-0.15, -0.1) is 0 Å². The third kappa shape index (κ3) is 2.58. The number of carbonyl (C=O) groups excluding carboxylic acids is 1. The molecule has 0 saturated heterocycles. The van der Waals surface area contributed by atoms with Crippen molar-refractivity contribution in [2.24, 2.45) is 5.73 Å². The van der Waals surface area contributed by atoms with E-state index in [4.69, 9.17) is 10.5 Å². The Morgan fingerprint density at radius 3 is 2.67 bits per heavy atom. The van der Waals surface area contributed by atoms with E-state index in [0.29, 0.717) is 11.3 Å². The van der Waals surface area contributed by atoms with E-state index in [0.717, 1.165) is 16.5 Å². The number of halogens is 1. The summed E-state index contributed by atoms with van der Waals surface area (Å²) in [7, 11) is 1.54. The van der Waals surface area contributed by atoms with E-state index >= 15 is 0 Å². The van der Waals surface area contributed by atoms with Gasteiger partial charge in [-0.05, 0) is 40.0 Å². The number of methoxy groups -OCH3 is 1. The molecule has 0 spiro atoms. The molecule has 0 aliphatic rings. The lowest BCUT2D eigenvalue weighted by Crippen LogP contribution is -2.15. The lowest BCUT2D eigenvalue weighted by molar-refractivity contribution is 0.0998. The Bertz CT molecular complexity index is 377. The summed E-state index contributed by atoms with van der Waals surface area (Å²) in [6, 6.07) is 3.78. The maximum absolute atomic E-state index is 11.6. The molecule has 0 aliphatic carbocycles. The number of rotatable bonds is 4. The first-order valence-corrected chi connectivity index (χ1v) is 5.53. The molecule has 0 aromatic heterocycles. The van der Waals surface area contributed by atoms with Crippen LogP contribution in [0.4, 0.5) is 0 Å². The summed E-state index contributed by atoms with van der Waals surface area (Å²) in [4.78, 5) is 11.6. The van der Waals surface area contributed by atoms with Gasteiger partial charge in [0.05, 0.1) is 23.7 Å². The van der Waals surface area contributed by atoms with Gasteiger partial charge in [0.25, 0.3) is 0 Å². The molecule has 15 heavy (non-hydrogen) atoms. The summed E-state index contributed by atoms with van der Waals surface area (Å²) < 4.78 is 5.97. The minimum Gasteiger partial charge on any atom is -0.495 e. The van der Waals surface area contributed by atoms with E-state index in [1.54, 1.807) is 7.11 Å². The maximum atomic E-state index is 11.6. The van der Waals surface area contributed by atoms with Crippen molar-refractivity contribution in [1.29, 1.82) is 0 Å². The van der Waals surface area contributed by atoms with Crippen LogP contribution in [0.1, 0.15) is 22.8 Å². The molecule has 0 amide bonds. The van der Waals surface area contributed by atoms with Gasteiger partial charge in [-0.3, -0.25) is 4.79 Å². The molecule has 0 radical (unpaired) electrons. The summed E-state index contributed by atoms with van der Waals surface area (Å²) in [6.07, 6.45) is 0.868. The molecule has 0 heterocycles. The van der Waals surface area contributed by atoms with Crippen molar-refractivity contribution in [2.75, 3.05) is 13.7 Å². The van der Waals surface area contributed by atoms with Crippen LogP contribution in [0.15, 0.2) is 16.6 Å². The molecular formula is C11H14BrNO2. The van der Waals surface area contributed by atoms with E-state index in [9.17, 15) is 4.79 Å². The zero-order valence-electron chi connectivity index (χ0n) is 8.84.